The highest BCUT2D eigenvalue weighted by molar-refractivity contribution is 7.92. The van der Waals surface area contributed by atoms with Gasteiger partial charge in [0, 0.05) is 25.1 Å². The minimum atomic E-state index is -4.75. The molecule has 1 atom stereocenters. The zero-order valence-corrected chi connectivity index (χ0v) is 23.4. The number of sulfonamides is 1. The second-order valence-electron chi connectivity index (χ2n) is 9.43. The summed E-state index contributed by atoms with van der Waals surface area (Å²) >= 11 is 0. The van der Waals surface area contributed by atoms with Gasteiger partial charge in [0.15, 0.2) is 0 Å². The first-order valence-electron chi connectivity index (χ1n) is 12.8. The smallest absolute Gasteiger partial charge is 0.354 e. The molecule has 0 aromatic heterocycles. The second-order valence-corrected chi connectivity index (χ2v) is 11.3. The van der Waals surface area contributed by atoms with E-state index in [4.69, 9.17) is 0 Å². The minimum absolute atomic E-state index is 0.0268. The van der Waals surface area contributed by atoms with Crippen LogP contribution in [-0.2, 0) is 38.8 Å². The molecule has 0 spiro atoms. The zero-order valence-electron chi connectivity index (χ0n) is 22.6. The molecule has 7 nitrogen and oxygen atoms in total. The summed E-state index contributed by atoms with van der Waals surface area (Å²) in [5, 5.41) is 2.74. The fraction of sp³-hybridized carbons (Fsp3) is 0.310. The normalized spacial score (nSPS) is 12.4. The average molecular weight is 594 g/mol. The van der Waals surface area contributed by atoms with Gasteiger partial charge in [-0.25, -0.2) is 12.8 Å². The third-order valence-corrected chi connectivity index (χ3v) is 7.40. The number of hydrogen-bond acceptors (Lipinski definition) is 4. The minimum Gasteiger partial charge on any atom is -0.354 e. The highest BCUT2D eigenvalue weighted by Gasteiger charge is 2.35. The summed E-state index contributed by atoms with van der Waals surface area (Å²) < 4.78 is 80.9. The molecule has 12 heteroatoms. The van der Waals surface area contributed by atoms with Crippen LogP contribution in [0.3, 0.4) is 0 Å². The number of carbonyl (C=O) groups excluding carboxylic acids is 2. The Morgan fingerprint density at radius 2 is 1.61 bits per heavy atom. The Hall–Kier alpha value is -3.93. The number of halogens is 4. The predicted molar refractivity (Wildman–Crippen MR) is 148 cm³/mol. The third-order valence-electron chi connectivity index (χ3n) is 6.26. The Kier molecular flexibility index (Phi) is 10.5. The summed E-state index contributed by atoms with van der Waals surface area (Å²) in [6.45, 7) is 0.836. The Morgan fingerprint density at radius 1 is 0.951 bits per heavy atom. The molecule has 0 fully saturated rings. The molecular weight excluding hydrogens is 562 g/mol. The number of carbonyl (C=O) groups is 2. The summed E-state index contributed by atoms with van der Waals surface area (Å²) in [4.78, 5) is 28.3. The van der Waals surface area contributed by atoms with E-state index in [9.17, 15) is 35.6 Å². The number of hydrogen-bond donors (Lipinski definition) is 1. The van der Waals surface area contributed by atoms with Crippen molar-refractivity contribution in [3.8, 4) is 0 Å². The van der Waals surface area contributed by atoms with Gasteiger partial charge >= 0.3 is 6.18 Å². The second kappa shape index (κ2) is 13.6. The molecule has 0 aliphatic heterocycles. The molecule has 0 saturated heterocycles. The van der Waals surface area contributed by atoms with Gasteiger partial charge in [-0.3, -0.25) is 13.9 Å². The first-order chi connectivity index (χ1) is 19.3. The predicted octanol–water partition coefficient (Wildman–Crippen LogP) is 4.78. The number of nitrogens with one attached hydrogen (secondary N) is 1. The number of alkyl halides is 3. The Balaban J connectivity index is 2.08. The van der Waals surface area contributed by atoms with Crippen LogP contribution >= 0.6 is 0 Å². The van der Waals surface area contributed by atoms with Gasteiger partial charge < -0.3 is 10.2 Å². The topological polar surface area (TPSA) is 86.8 Å². The molecule has 0 radical (unpaired) electrons. The maximum atomic E-state index is 14.7. The lowest BCUT2D eigenvalue weighted by atomic mass is 10.0. The van der Waals surface area contributed by atoms with Gasteiger partial charge in [-0.1, -0.05) is 61.5 Å². The lowest BCUT2D eigenvalue weighted by Crippen LogP contribution is -2.53. The van der Waals surface area contributed by atoms with Crippen molar-refractivity contribution < 1.29 is 35.6 Å². The van der Waals surface area contributed by atoms with E-state index in [1.165, 1.54) is 18.2 Å². The number of amides is 2. The third kappa shape index (κ3) is 8.78. The van der Waals surface area contributed by atoms with Crippen LogP contribution in [-0.4, -0.2) is 50.5 Å². The summed E-state index contributed by atoms with van der Waals surface area (Å²) in [6, 6.07) is 16.8. The van der Waals surface area contributed by atoms with E-state index in [1.807, 2.05) is 6.92 Å². The van der Waals surface area contributed by atoms with Gasteiger partial charge in [0.2, 0.25) is 21.8 Å². The molecule has 0 heterocycles. The van der Waals surface area contributed by atoms with Crippen LogP contribution in [0.2, 0.25) is 0 Å². The largest absolute Gasteiger partial charge is 0.416 e. The Labute approximate surface area is 236 Å². The van der Waals surface area contributed by atoms with Crippen LogP contribution in [0, 0.1) is 5.82 Å². The van der Waals surface area contributed by atoms with Crippen LogP contribution in [0.1, 0.15) is 30.0 Å². The van der Waals surface area contributed by atoms with Crippen LogP contribution in [0.15, 0.2) is 78.9 Å². The maximum Gasteiger partial charge on any atom is 0.416 e. The van der Waals surface area contributed by atoms with Gasteiger partial charge in [-0.05, 0) is 36.2 Å². The molecule has 0 bridgehead atoms. The fourth-order valence-corrected chi connectivity index (χ4v) is 5.02. The van der Waals surface area contributed by atoms with Crippen molar-refractivity contribution in [3.05, 3.63) is 101 Å². The summed E-state index contributed by atoms with van der Waals surface area (Å²) in [6.07, 6.45) is -3.36. The van der Waals surface area contributed by atoms with Crippen molar-refractivity contribution in [1.29, 1.82) is 0 Å². The van der Waals surface area contributed by atoms with Crippen LogP contribution in [0.25, 0.3) is 0 Å². The van der Waals surface area contributed by atoms with E-state index in [2.05, 4.69) is 5.32 Å². The molecule has 1 unspecified atom stereocenters. The molecule has 0 aliphatic rings. The number of nitrogens with zero attached hydrogens (tertiary/aromatic N) is 2. The van der Waals surface area contributed by atoms with Crippen molar-refractivity contribution in [1.82, 2.24) is 10.2 Å². The van der Waals surface area contributed by atoms with Gasteiger partial charge in [0.25, 0.3) is 0 Å². The van der Waals surface area contributed by atoms with E-state index >= 15 is 0 Å². The monoisotopic (exact) mass is 593 g/mol. The van der Waals surface area contributed by atoms with E-state index in [-0.39, 0.29) is 24.2 Å². The molecular formula is C29H31F4N3O4S. The maximum absolute atomic E-state index is 14.7. The molecule has 3 aromatic carbocycles. The lowest BCUT2D eigenvalue weighted by molar-refractivity contribution is -0.140. The van der Waals surface area contributed by atoms with Gasteiger partial charge in [0.05, 0.1) is 17.5 Å². The molecule has 3 aromatic rings. The highest BCUT2D eigenvalue weighted by Crippen LogP contribution is 2.32. The van der Waals surface area contributed by atoms with Crippen molar-refractivity contribution >= 4 is 27.5 Å². The fourth-order valence-electron chi connectivity index (χ4n) is 4.18. The molecule has 1 N–H and O–H groups in total. The first kappa shape index (κ1) is 31.6. The zero-order chi connectivity index (χ0) is 30.2. The average Bonchev–Trinajstić information content (AvgIpc) is 2.92. The van der Waals surface area contributed by atoms with Crippen molar-refractivity contribution in [2.45, 2.75) is 38.5 Å². The Morgan fingerprint density at radius 3 is 2.22 bits per heavy atom. The highest BCUT2D eigenvalue weighted by atomic mass is 32.2. The quantitative estimate of drug-likeness (QED) is 0.307. The van der Waals surface area contributed by atoms with Crippen LogP contribution < -0.4 is 9.62 Å². The SMILES string of the molecule is CCCNC(=O)C(Cc1ccccc1)N(Cc1ccccc1F)C(=O)CN(c1cccc(C(F)(F)F)c1)S(C)(=O)=O. The Bertz CT molecular complexity index is 1450. The summed E-state index contributed by atoms with van der Waals surface area (Å²) in [5.41, 5.74) is -0.711. The lowest BCUT2D eigenvalue weighted by Gasteiger charge is -2.33. The number of benzene rings is 3. The molecule has 2 amide bonds. The van der Waals surface area contributed by atoms with E-state index < -0.39 is 52.0 Å². The summed E-state index contributed by atoms with van der Waals surface area (Å²) in [5.74, 6) is -2.08. The molecule has 41 heavy (non-hydrogen) atoms. The van der Waals surface area contributed by atoms with Crippen LogP contribution in [0.4, 0.5) is 23.2 Å². The van der Waals surface area contributed by atoms with Crippen molar-refractivity contribution in [2.24, 2.45) is 0 Å². The van der Waals surface area contributed by atoms with Crippen LogP contribution in [0.5, 0.6) is 0 Å². The van der Waals surface area contributed by atoms with Crippen molar-refractivity contribution in [3.63, 3.8) is 0 Å². The summed E-state index contributed by atoms with van der Waals surface area (Å²) in [7, 11) is -4.26. The van der Waals surface area contributed by atoms with E-state index in [1.54, 1.807) is 36.4 Å². The molecule has 0 aliphatic carbocycles. The van der Waals surface area contributed by atoms with E-state index in [0.717, 1.165) is 29.4 Å². The van der Waals surface area contributed by atoms with E-state index in [0.29, 0.717) is 28.9 Å². The molecule has 220 valence electrons. The van der Waals surface area contributed by atoms with Gasteiger partial charge in [-0.15, -0.1) is 0 Å². The van der Waals surface area contributed by atoms with Crippen molar-refractivity contribution in [2.75, 3.05) is 23.7 Å². The standard InChI is InChI=1S/C29H31F4N3O4S/c1-3-16-34-28(38)26(17-21-10-5-4-6-11-21)35(19-22-12-7-8-15-25(22)30)27(37)20-36(41(2,39)40)24-14-9-13-23(18-24)29(31,32)33/h4-15,18,26H,3,16-17,19-20H2,1-2H3,(H,34,38). The van der Waals surface area contributed by atoms with Gasteiger partial charge in [0.1, 0.15) is 18.4 Å². The van der Waals surface area contributed by atoms with Gasteiger partial charge in [-0.2, -0.15) is 13.2 Å². The molecule has 3 rings (SSSR count). The number of anilines is 1. The number of rotatable bonds is 12. The molecule has 0 saturated carbocycles. The first-order valence-corrected chi connectivity index (χ1v) is 14.7.